The lowest BCUT2D eigenvalue weighted by Gasteiger charge is -2.53. The predicted octanol–water partition coefficient (Wildman–Crippen LogP) is 22.2. The number of likely N-dealkylation sites (tertiary alicyclic amines) is 4. The number of rotatable bonds is 21. The number of nitrogens with two attached hydrogens (primary N) is 1. The van der Waals surface area contributed by atoms with Crippen LogP contribution in [0.1, 0.15) is 251 Å². The molecule has 0 spiro atoms. The first-order valence-corrected chi connectivity index (χ1v) is 49.5. The number of halogens is 2. The number of aldehydes is 1. The molecule has 687 valence electrons. The Morgan fingerprint density at radius 1 is 0.391 bits per heavy atom. The molecule has 20 rings (SSSR count). The standard InChI is InChI=1S/3C25H30N2O.C18H24N2O.C7H6O.C4H10O2.2C2H6.CH4O.BBr2/c3*1-17-23-24(28)21-11-10-20(26-15-18-6-4-3-5-7-18)14-22(21)25(17,2)12-13-27(23)16-19-8-9-19;1-11-16-17(21)14-6-5-13(19)9-15(14)18(11,2)7-8-20(16)10-12-3-4-12;8-6-7-4-2-1-3-5-7;1-5-3-4-6-2;3*1-2;2-1-3/h3*3-7,10-11,14,17,19,23,26H,8-9,12-13,15-16H2,1-2H3;5-6,9,11-12,16H,3-4,7-8,10,19H2,1-2H3;1-6H;3-4H2,1-2H3;2*1-2H3;2H,1H3;/t3*17-,23-,25-;11-,16-,18-;;;;;;/m0000....../s1. The summed E-state index contributed by atoms with van der Waals surface area (Å²) in [5.41, 5.74) is 23.7. The van der Waals surface area contributed by atoms with Gasteiger partial charge in [-0.05, 0) is 284 Å². The Morgan fingerprint density at radius 2 is 0.625 bits per heavy atom. The average Bonchev–Trinajstić information content (AvgIpc) is 1.19. The minimum atomic E-state index is 0.0648. The van der Waals surface area contributed by atoms with Crippen LogP contribution in [-0.2, 0) is 50.8 Å². The maximum atomic E-state index is 13.4. The zero-order valence-electron chi connectivity index (χ0n) is 79.2. The molecular weight excluding hydrogens is 1720 g/mol. The minimum Gasteiger partial charge on any atom is -0.400 e. The molecule has 0 aromatic heterocycles. The SMILES string of the molecule is Br[B]Br.CC.CC.CO.COCCOC.C[C@H]1[C@H]2C(=O)c3ccc(N)cc3[C@@]1(C)CCN2CC1CC1.C[C@H]1[C@H]2C(=O)c3ccc(NCc4ccccc4)cc3[C@@]1(C)CCN2CC1CC1.C[C@H]1[C@H]2C(=O)c3ccc(NCc4ccccc4)cc3[C@@]1(C)CCN2CC1CC1.C[C@H]1[C@H]2C(=O)c3ccc(NCc4ccccc4)cc3[C@@]1(C)CCN2CC1CC1.O=Cc1ccccc1. The molecule has 4 saturated carbocycles. The van der Waals surface area contributed by atoms with E-state index in [2.05, 4.69) is 259 Å². The Bertz CT molecular complexity index is 4540. The highest BCUT2D eigenvalue weighted by atomic mass is 79.9. The molecule has 0 unspecified atom stereocenters. The quantitative estimate of drug-likeness (QED) is 0.0197. The van der Waals surface area contributed by atoms with Gasteiger partial charge in [0.05, 0.1) is 37.4 Å². The van der Waals surface area contributed by atoms with Crippen molar-refractivity contribution in [3.63, 3.8) is 0 Å². The predicted molar refractivity (Wildman–Crippen MR) is 536 cm³/mol. The summed E-state index contributed by atoms with van der Waals surface area (Å²) in [6, 6.07) is 65.8. The zero-order valence-corrected chi connectivity index (χ0v) is 82.3. The monoisotopic (exact) mass is 1860 g/mol. The summed E-state index contributed by atoms with van der Waals surface area (Å²) < 4.78 is 9.31. The Kier molecular flexibility index (Phi) is 36.9. The lowest BCUT2D eigenvalue weighted by molar-refractivity contribution is 0.0264. The van der Waals surface area contributed by atoms with E-state index >= 15 is 0 Å². The number of aliphatic hydroxyl groups is 1. The number of methoxy groups -OCH3 is 2. The van der Waals surface area contributed by atoms with Crippen molar-refractivity contribution in [3.05, 3.63) is 261 Å². The van der Waals surface area contributed by atoms with E-state index in [1.54, 1.807) is 31.3 Å². The topological polar surface area (TPSA) is 199 Å². The number of benzene rings is 8. The lowest BCUT2D eigenvalue weighted by Crippen LogP contribution is -2.61. The van der Waals surface area contributed by atoms with E-state index in [4.69, 9.17) is 10.8 Å². The molecule has 12 atom stereocenters. The number of carbonyl (C=O) groups excluding carboxylic acids is 5. The molecular formula is C109H146BBr2N8O8. The van der Waals surface area contributed by atoms with Crippen LogP contribution in [0.5, 0.6) is 0 Å². The van der Waals surface area contributed by atoms with Crippen LogP contribution in [0, 0.1) is 47.3 Å². The molecule has 16 nitrogen and oxygen atoms in total. The fraction of sp³-hybridized carbons (Fsp3) is 0.514. The maximum absolute atomic E-state index is 13.4. The van der Waals surface area contributed by atoms with Crippen LogP contribution in [0.25, 0.3) is 0 Å². The number of nitrogen functional groups attached to an aromatic ring is 1. The average molecular weight is 1870 g/mol. The maximum Gasteiger partial charge on any atom is 0.294 e. The first-order chi connectivity index (χ1) is 61.9. The van der Waals surface area contributed by atoms with Gasteiger partial charge in [-0.2, -0.15) is 0 Å². The van der Waals surface area contributed by atoms with Gasteiger partial charge in [-0.15, -0.1) is 31.5 Å². The van der Waals surface area contributed by atoms with E-state index in [-0.39, 0.29) is 45.8 Å². The number of piperidine rings is 4. The molecule has 19 heteroatoms. The number of nitrogens with one attached hydrogen (secondary N) is 3. The molecule has 4 heterocycles. The van der Waals surface area contributed by atoms with Crippen molar-refractivity contribution in [3.8, 4) is 0 Å². The van der Waals surface area contributed by atoms with E-state index in [9.17, 15) is 24.0 Å². The number of aliphatic hydroxyl groups excluding tert-OH is 1. The molecule has 8 fully saturated rings. The fourth-order valence-electron chi connectivity index (χ4n) is 21.1. The third kappa shape index (κ3) is 23.9. The van der Waals surface area contributed by atoms with E-state index in [1.165, 1.54) is 90.3 Å². The highest BCUT2D eigenvalue weighted by Gasteiger charge is 2.57. The molecule has 0 amide bonds. The first-order valence-electron chi connectivity index (χ1n) is 47.7. The largest absolute Gasteiger partial charge is 0.400 e. The van der Waals surface area contributed by atoms with Crippen LogP contribution in [0.2, 0.25) is 0 Å². The molecule has 128 heavy (non-hydrogen) atoms. The number of Topliss-reactive ketones (excluding diaryl/α,β-unsaturated/α-hetero) is 4. The van der Waals surface area contributed by atoms with Crippen molar-refractivity contribution >= 4 is 88.6 Å². The van der Waals surface area contributed by atoms with Crippen LogP contribution < -0.4 is 21.7 Å². The number of fused-ring (bicyclic) bond motifs is 16. The van der Waals surface area contributed by atoms with Gasteiger partial charge in [-0.25, -0.2) is 0 Å². The van der Waals surface area contributed by atoms with E-state index in [0.717, 1.165) is 185 Å². The van der Waals surface area contributed by atoms with Gasteiger partial charge >= 0.3 is 0 Å². The second-order valence-electron chi connectivity index (χ2n) is 38.0. The van der Waals surface area contributed by atoms with Gasteiger partial charge in [0.15, 0.2) is 23.1 Å². The van der Waals surface area contributed by atoms with Gasteiger partial charge in [-0.1, -0.05) is 204 Å². The lowest BCUT2D eigenvalue weighted by atomic mass is 9.58. The van der Waals surface area contributed by atoms with Gasteiger partial charge in [0.2, 0.25) is 0 Å². The molecule has 4 aliphatic heterocycles. The van der Waals surface area contributed by atoms with Crippen molar-refractivity contribution < 1.29 is 38.6 Å². The minimum absolute atomic E-state index is 0.0648. The van der Waals surface area contributed by atoms with E-state index < -0.39 is 0 Å². The Balaban J connectivity index is 0.000000153. The summed E-state index contributed by atoms with van der Waals surface area (Å²) >= 11 is 5.88. The summed E-state index contributed by atoms with van der Waals surface area (Å²) in [7, 11) is 4.30. The fourth-order valence-corrected chi connectivity index (χ4v) is 21.1. The van der Waals surface area contributed by atoms with Crippen molar-refractivity contribution in [2.75, 3.05) is 109 Å². The smallest absolute Gasteiger partial charge is 0.294 e. The van der Waals surface area contributed by atoms with Crippen molar-refractivity contribution in [2.24, 2.45) is 47.3 Å². The van der Waals surface area contributed by atoms with Crippen LogP contribution in [0.15, 0.2) is 194 Å². The van der Waals surface area contributed by atoms with E-state index in [0.29, 0.717) is 60.0 Å². The molecule has 12 aliphatic rings. The molecule has 4 saturated heterocycles. The Hall–Kier alpha value is -7.95. The summed E-state index contributed by atoms with van der Waals surface area (Å²) in [5, 5.41) is 17.7. The Labute approximate surface area is 783 Å². The van der Waals surface area contributed by atoms with E-state index in [1.807, 2.05) is 82.3 Å². The number of hydrogen-bond donors (Lipinski definition) is 5. The molecule has 8 aliphatic carbocycles. The second-order valence-corrected chi connectivity index (χ2v) is 40.2. The van der Waals surface area contributed by atoms with Gasteiger partial charge in [-0.3, -0.25) is 43.6 Å². The van der Waals surface area contributed by atoms with Crippen molar-refractivity contribution in [2.45, 2.75) is 226 Å². The number of ketones is 4. The normalized spacial score (nSPS) is 26.4. The Morgan fingerprint density at radius 3 is 0.852 bits per heavy atom. The number of nitrogens with zero attached hydrogens (tertiary/aromatic N) is 4. The molecule has 8 bridgehead atoms. The summed E-state index contributed by atoms with van der Waals surface area (Å²) in [6.45, 7) is 39.1. The van der Waals surface area contributed by atoms with Crippen molar-refractivity contribution in [1.29, 1.82) is 0 Å². The number of carbonyl (C=O) groups is 5. The summed E-state index contributed by atoms with van der Waals surface area (Å²) in [5.74, 6) is 6.13. The second kappa shape index (κ2) is 46.9. The molecule has 1 radical (unpaired) electrons. The number of ether oxygens (including phenoxy) is 2. The summed E-state index contributed by atoms with van der Waals surface area (Å²) in [6.07, 6.45) is 16.1. The van der Waals surface area contributed by atoms with Gasteiger partial charge < -0.3 is 36.3 Å². The van der Waals surface area contributed by atoms with Gasteiger partial charge in [0, 0.05) is 118 Å². The zero-order chi connectivity index (χ0) is 92.0. The van der Waals surface area contributed by atoms with Crippen molar-refractivity contribution in [1.82, 2.24) is 19.6 Å². The van der Waals surface area contributed by atoms with Crippen LogP contribution >= 0.6 is 31.5 Å². The highest BCUT2D eigenvalue weighted by molar-refractivity contribution is 9.47. The molecule has 8 aromatic carbocycles. The van der Waals surface area contributed by atoms with Gasteiger partial charge in [0.1, 0.15) is 6.29 Å². The molecule has 8 aromatic rings. The van der Waals surface area contributed by atoms with Crippen LogP contribution in [0.4, 0.5) is 22.7 Å². The van der Waals surface area contributed by atoms with Crippen LogP contribution in [-0.4, -0.2) is 170 Å². The van der Waals surface area contributed by atoms with Gasteiger partial charge in [0.25, 0.3) is 4.93 Å². The highest BCUT2D eigenvalue weighted by Crippen LogP contribution is 2.55. The third-order valence-electron chi connectivity index (χ3n) is 30.1. The van der Waals surface area contributed by atoms with Crippen LogP contribution in [0.3, 0.4) is 0 Å². The summed E-state index contributed by atoms with van der Waals surface area (Å²) in [4.78, 5) is 74.9. The first kappa shape index (κ1) is 101. The molecule has 6 N–H and O–H groups in total. The number of anilines is 4. The number of hydrogen-bond acceptors (Lipinski definition) is 16. The third-order valence-corrected chi connectivity index (χ3v) is 30.1.